The standard InChI is InChI=1S/C15H18FN5O.ClH/c16-13-8-12(1-2-14(13)21-10-18-9-19-21)20-15(22)7-11-3-5-17-6-4-11;/h1-2,8-11,17H,3-7H2,(H,20,22);1H. The highest BCUT2D eigenvalue weighted by molar-refractivity contribution is 5.91. The summed E-state index contributed by atoms with van der Waals surface area (Å²) in [4.78, 5) is 15.8. The highest BCUT2D eigenvalue weighted by Crippen LogP contribution is 2.20. The van der Waals surface area contributed by atoms with Crippen molar-refractivity contribution in [3.8, 4) is 5.69 Å². The van der Waals surface area contributed by atoms with E-state index in [0.717, 1.165) is 25.9 Å². The fraction of sp³-hybridized carbons (Fsp3) is 0.400. The zero-order valence-electron chi connectivity index (χ0n) is 12.5. The number of hydrogen-bond donors (Lipinski definition) is 2. The monoisotopic (exact) mass is 339 g/mol. The van der Waals surface area contributed by atoms with Gasteiger partial charge in [-0.05, 0) is 50.0 Å². The number of carbonyl (C=O) groups excluding carboxylic acids is 1. The van der Waals surface area contributed by atoms with Gasteiger partial charge in [0.05, 0.1) is 0 Å². The van der Waals surface area contributed by atoms with Crippen molar-refractivity contribution >= 4 is 24.0 Å². The molecule has 124 valence electrons. The van der Waals surface area contributed by atoms with Gasteiger partial charge >= 0.3 is 0 Å². The van der Waals surface area contributed by atoms with Crippen LogP contribution in [0.15, 0.2) is 30.9 Å². The summed E-state index contributed by atoms with van der Waals surface area (Å²) < 4.78 is 15.4. The number of aromatic nitrogens is 3. The number of carbonyl (C=O) groups is 1. The average molecular weight is 340 g/mol. The number of anilines is 1. The molecule has 6 nitrogen and oxygen atoms in total. The van der Waals surface area contributed by atoms with E-state index >= 15 is 0 Å². The molecule has 1 fully saturated rings. The minimum atomic E-state index is -0.454. The lowest BCUT2D eigenvalue weighted by atomic mass is 9.94. The van der Waals surface area contributed by atoms with Gasteiger partial charge in [0.1, 0.15) is 18.3 Å². The van der Waals surface area contributed by atoms with Crippen molar-refractivity contribution in [1.29, 1.82) is 0 Å². The first kappa shape index (κ1) is 17.4. The van der Waals surface area contributed by atoms with Crippen molar-refractivity contribution in [2.45, 2.75) is 19.3 Å². The van der Waals surface area contributed by atoms with Gasteiger partial charge in [-0.15, -0.1) is 12.4 Å². The number of halogens is 2. The summed E-state index contributed by atoms with van der Waals surface area (Å²) in [7, 11) is 0. The minimum Gasteiger partial charge on any atom is -0.326 e. The molecule has 0 spiro atoms. The summed E-state index contributed by atoms with van der Waals surface area (Å²) in [5, 5.41) is 9.92. The van der Waals surface area contributed by atoms with E-state index in [4.69, 9.17) is 0 Å². The maximum absolute atomic E-state index is 14.1. The van der Waals surface area contributed by atoms with Crippen LogP contribution in [-0.2, 0) is 4.79 Å². The van der Waals surface area contributed by atoms with Gasteiger partial charge in [0.15, 0.2) is 5.82 Å². The number of rotatable bonds is 4. The number of amides is 1. The van der Waals surface area contributed by atoms with Crippen LogP contribution >= 0.6 is 12.4 Å². The Labute approximate surface area is 139 Å². The van der Waals surface area contributed by atoms with Crippen LogP contribution in [0.3, 0.4) is 0 Å². The zero-order valence-corrected chi connectivity index (χ0v) is 13.4. The van der Waals surface area contributed by atoms with Gasteiger partial charge < -0.3 is 10.6 Å². The zero-order chi connectivity index (χ0) is 15.4. The number of hydrogen-bond acceptors (Lipinski definition) is 4. The molecule has 0 unspecified atom stereocenters. The summed E-state index contributed by atoms with van der Waals surface area (Å²) in [5.41, 5.74) is 0.758. The first-order valence-electron chi connectivity index (χ1n) is 7.37. The highest BCUT2D eigenvalue weighted by Gasteiger charge is 2.17. The molecule has 1 aromatic carbocycles. The van der Waals surface area contributed by atoms with Crippen LogP contribution in [-0.4, -0.2) is 33.8 Å². The highest BCUT2D eigenvalue weighted by atomic mass is 35.5. The maximum Gasteiger partial charge on any atom is 0.224 e. The van der Waals surface area contributed by atoms with E-state index in [9.17, 15) is 9.18 Å². The third kappa shape index (κ3) is 4.49. The normalized spacial score (nSPS) is 15.0. The number of benzene rings is 1. The van der Waals surface area contributed by atoms with Gasteiger partial charge in [-0.1, -0.05) is 0 Å². The summed E-state index contributed by atoms with van der Waals surface area (Å²) in [6, 6.07) is 4.54. The molecule has 2 heterocycles. The van der Waals surface area contributed by atoms with E-state index < -0.39 is 5.82 Å². The van der Waals surface area contributed by atoms with Crippen molar-refractivity contribution in [2.75, 3.05) is 18.4 Å². The molecule has 1 aliphatic rings. The molecule has 8 heteroatoms. The Morgan fingerprint density at radius 2 is 2.17 bits per heavy atom. The van der Waals surface area contributed by atoms with E-state index in [2.05, 4.69) is 20.7 Å². The van der Waals surface area contributed by atoms with Crippen LogP contribution in [0.4, 0.5) is 10.1 Å². The van der Waals surface area contributed by atoms with Crippen LogP contribution < -0.4 is 10.6 Å². The van der Waals surface area contributed by atoms with Crippen LogP contribution in [0.25, 0.3) is 5.69 Å². The predicted molar refractivity (Wildman–Crippen MR) is 87.4 cm³/mol. The summed E-state index contributed by atoms with van der Waals surface area (Å²) >= 11 is 0. The van der Waals surface area contributed by atoms with E-state index in [1.807, 2.05) is 0 Å². The fourth-order valence-corrected chi connectivity index (χ4v) is 2.66. The lowest BCUT2D eigenvalue weighted by molar-refractivity contribution is -0.117. The topological polar surface area (TPSA) is 71.8 Å². The van der Waals surface area contributed by atoms with E-state index in [0.29, 0.717) is 23.7 Å². The minimum absolute atomic E-state index is 0. The van der Waals surface area contributed by atoms with Gasteiger partial charge in [0, 0.05) is 12.1 Å². The first-order chi connectivity index (χ1) is 10.7. The molecule has 0 aliphatic carbocycles. The van der Waals surface area contributed by atoms with Gasteiger partial charge in [0.2, 0.25) is 5.91 Å². The molecule has 23 heavy (non-hydrogen) atoms. The molecule has 1 aliphatic heterocycles. The van der Waals surface area contributed by atoms with Gasteiger partial charge in [-0.3, -0.25) is 4.79 Å². The van der Waals surface area contributed by atoms with E-state index in [1.165, 1.54) is 23.4 Å². The van der Waals surface area contributed by atoms with Crippen molar-refractivity contribution in [1.82, 2.24) is 20.1 Å². The largest absolute Gasteiger partial charge is 0.326 e. The Bertz CT molecular complexity index is 643. The average Bonchev–Trinajstić information content (AvgIpc) is 3.02. The fourth-order valence-electron chi connectivity index (χ4n) is 2.66. The number of nitrogens with one attached hydrogen (secondary N) is 2. The van der Waals surface area contributed by atoms with Crippen LogP contribution in [0, 0.1) is 11.7 Å². The third-order valence-electron chi connectivity index (χ3n) is 3.83. The second kappa shape index (κ2) is 8.03. The van der Waals surface area contributed by atoms with E-state index in [1.54, 1.807) is 12.1 Å². The molecule has 2 aromatic rings. The summed E-state index contributed by atoms with van der Waals surface area (Å²) in [5.74, 6) is -0.120. The molecule has 0 bridgehead atoms. The predicted octanol–water partition coefficient (Wildman–Crippen LogP) is 2.16. The second-order valence-electron chi connectivity index (χ2n) is 5.45. The molecule has 3 rings (SSSR count). The van der Waals surface area contributed by atoms with Crippen LogP contribution in [0.1, 0.15) is 19.3 Å². The Morgan fingerprint density at radius 1 is 1.39 bits per heavy atom. The quantitative estimate of drug-likeness (QED) is 0.895. The molecule has 1 aromatic heterocycles. The lowest BCUT2D eigenvalue weighted by Gasteiger charge is -2.21. The molecular weight excluding hydrogens is 321 g/mol. The van der Waals surface area contributed by atoms with Gasteiger partial charge in [0.25, 0.3) is 0 Å². The third-order valence-corrected chi connectivity index (χ3v) is 3.83. The van der Waals surface area contributed by atoms with Crippen LogP contribution in [0.5, 0.6) is 0 Å². The maximum atomic E-state index is 14.1. The molecule has 2 N–H and O–H groups in total. The first-order valence-corrected chi connectivity index (χ1v) is 7.37. The molecule has 1 amide bonds. The Balaban J connectivity index is 0.00000192. The Hall–Kier alpha value is -1.99. The molecular formula is C15H19ClFN5O. The molecule has 0 radical (unpaired) electrons. The lowest BCUT2D eigenvalue weighted by Crippen LogP contribution is -2.30. The Kier molecular flexibility index (Phi) is 6.06. The van der Waals surface area contributed by atoms with Crippen molar-refractivity contribution < 1.29 is 9.18 Å². The summed E-state index contributed by atoms with van der Waals surface area (Å²) in [6.45, 7) is 1.92. The van der Waals surface area contributed by atoms with E-state index in [-0.39, 0.29) is 18.3 Å². The van der Waals surface area contributed by atoms with Crippen LogP contribution in [0.2, 0.25) is 0 Å². The second-order valence-corrected chi connectivity index (χ2v) is 5.45. The number of nitrogens with zero attached hydrogens (tertiary/aromatic N) is 3. The van der Waals surface area contributed by atoms with Gasteiger partial charge in [-0.2, -0.15) is 5.10 Å². The summed E-state index contributed by atoms with van der Waals surface area (Å²) in [6.07, 6.45) is 5.26. The number of piperidine rings is 1. The smallest absolute Gasteiger partial charge is 0.224 e. The Morgan fingerprint density at radius 3 is 2.83 bits per heavy atom. The van der Waals surface area contributed by atoms with Crippen molar-refractivity contribution in [3.63, 3.8) is 0 Å². The molecule has 0 saturated carbocycles. The van der Waals surface area contributed by atoms with Gasteiger partial charge in [-0.25, -0.2) is 14.1 Å². The van der Waals surface area contributed by atoms with Crippen molar-refractivity contribution in [3.05, 3.63) is 36.7 Å². The SMILES string of the molecule is Cl.O=C(CC1CCNCC1)Nc1ccc(-n2cncn2)c(F)c1. The molecule has 1 saturated heterocycles. The molecule has 0 atom stereocenters. The van der Waals surface area contributed by atoms with Crippen molar-refractivity contribution in [2.24, 2.45) is 5.92 Å².